The van der Waals surface area contributed by atoms with Crippen LogP contribution in [0.5, 0.6) is 0 Å². The van der Waals surface area contributed by atoms with Gasteiger partial charge in [-0.05, 0) is 0 Å². The summed E-state index contributed by atoms with van der Waals surface area (Å²) in [7, 11) is 0. The highest BCUT2D eigenvalue weighted by Crippen LogP contribution is 1.71. The third-order valence-corrected chi connectivity index (χ3v) is 0.737. The molecule has 11 heteroatoms. The van der Waals surface area contributed by atoms with Crippen LogP contribution in [0.2, 0.25) is 0 Å². The van der Waals surface area contributed by atoms with Crippen LogP contribution in [-0.4, -0.2) is 50.3 Å². The van der Waals surface area contributed by atoms with Gasteiger partial charge in [-0.15, -0.1) is 0 Å². The van der Waals surface area contributed by atoms with E-state index < -0.39 is 23.9 Å². The number of carboxylic acid groups (broad SMARTS) is 4. The first-order valence-corrected chi connectivity index (χ1v) is 4.36. The van der Waals surface area contributed by atoms with Gasteiger partial charge >= 0.3 is 23.9 Å². The molecule has 0 aromatic rings. The summed E-state index contributed by atoms with van der Waals surface area (Å²) in [5, 5.41) is 37.3. The summed E-state index contributed by atoms with van der Waals surface area (Å²) < 4.78 is 0. The Morgan fingerprint density at radius 3 is 0.800 bits per heavy atom. The van der Waals surface area contributed by atoms with Crippen molar-refractivity contribution < 1.29 is 39.6 Å². The van der Waals surface area contributed by atoms with Crippen molar-refractivity contribution in [2.45, 2.75) is 0 Å². The van der Waals surface area contributed by atoms with Gasteiger partial charge in [0.05, 0.1) is 0 Å². The molecule has 0 aromatic carbocycles. The number of rotatable bonds is 4. The Morgan fingerprint density at radius 2 is 0.750 bits per heavy atom. The van der Waals surface area contributed by atoms with E-state index in [1.165, 1.54) is 0 Å². The third kappa shape index (κ3) is 61.8. The number of nitrogens with two attached hydrogens (primary N) is 2. The highest BCUT2D eigenvalue weighted by atomic mass is 16.4. The summed E-state index contributed by atoms with van der Waals surface area (Å²) in [4.78, 5) is 38.2. The molecule has 0 aliphatic carbocycles. The molecule has 11 nitrogen and oxygen atoms in total. The number of hydrogen-bond acceptors (Lipinski definition) is 5. The summed E-state index contributed by atoms with van der Waals surface area (Å²) in [6.07, 6.45) is 2.23. The molecule has 0 heterocycles. The first-order chi connectivity index (χ1) is 8.98. The average molecular weight is 291 g/mol. The number of nitrogens with one attached hydrogen (secondary N) is 1. The second kappa shape index (κ2) is 13.7. The van der Waals surface area contributed by atoms with Crippen LogP contribution in [0.15, 0.2) is 24.3 Å². The lowest BCUT2D eigenvalue weighted by molar-refractivity contribution is -0.134. The zero-order valence-electron chi connectivity index (χ0n) is 9.89. The fourth-order valence-corrected chi connectivity index (χ4v) is 0.285. The number of aliphatic carboxylic acids is 4. The van der Waals surface area contributed by atoms with E-state index in [9.17, 15) is 19.2 Å². The van der Waals surface area contributed by atoms with Crippen LogP contribution in [-0.2, 0) is 19.2 Å². The van der Waals surface area contributed by atoms with Crippen molar-refractivity contribution in [1.29, 1.82) is 5.41 Å². The number of hydrogen-bond donors (Lipinski definition) is 7. The summed E-state index contributed by atoms with van der Waals surface area (Å²) in [6.45, 7) is 0. The molecular formula is C9H13N3O8. The molecule has 0 aliphatic heterocycles. The van der Waals surface area contributed by atoms with Crippen LogP contribution >= 0.6 is 0 Å². The van der Waals surface area contributed by atoms with Gasteiger partial charge in [0.1, 0.15) is 0 Å². The lowest BCUT2D eigenvalue weighted by atomic mass is 10.5. The molecule has 0 spiro atoms. The van der Waals surface area contributed by atoms with Gasteiger partial charge in [-0.2, -0.15) is 0 Å². The largest absolute Gasteiger partial charge is 0.478 e. The molecule has 0 amide bonds. The zero-order chi connectivity index (χ0) is 16.7. The molecule has 0 fully saturated rings. The molecule has 0 rings (SSSR count). The van der Waals surface area contributed by atoms with Crippen molar-refractivity contribution >= 4 is 29.8 Å². The quantitative estimate of drug-likeness (QED) is 0.176. The van der Waals surface area contributed by atoms with Crippen LogP contribution < -0.4 is 11.5 Å². The Hall–Kier alpha value is -3.37. The minimum Gasteiger partial charge on any atom is -0.478 e. The average Bonchev–Trinajstić information content (AvgIpc) is 2.23. The SMILES string of the molecule is N=C(N)N.O=C(O)/C=C/C(=O)O.O=C(O)/C=C/C(=O)O. The monoisotopic (exact) mass is 291 g/mol. The summed E-state index contributed by atoms with van der Waals surface area (Å²) >= 11 is 0. The van der Waals surface area contributed by atoms with E-state index in [1.54, 1.807) is 0 Å². The van der Waals surface area contributed by atoms with Gasteiger partial charge in [0.2, 0.25) is 0 Å². The highest BCUT2D eigenvalue weighted by molar-refractivity contribution is 5.90. The zero-order valence-corrected chi connectivity index (χ0v) is 9.89. The van der Waals surface area contributed by atoms with E-state index in [-0.39, 0.29) is 5.96 Å². The molecule has 112 valence electrons. The molecular weight excluding hydrogens is 278 g/mol. The van der Waals surface area contributed by atoms with Crippen molar-refractivity contribution in [2.24, 2.45) is 11.5 Å². The number of carboxylic acids is 4. The normalized spacial score (nSPS) is 8.80. The molecule has 0 bridgehead atoms. The minimum atomic E-state index is -1.26. The van der Waals surface area contributed by atoms with Gasteiger partial charge in [-0.1, -0.05) is 0 Å². The smallest absolute Gasteiger partial charge is 0.328 e. The van der Waals surface area contributed by atoms with Crippen LogP contribution in [0, 0.1) is 5.41 Å². The van der Waals surface area contributed by atoms with Gasteiger partial charge in [0.25, 0.3) is 0 Å². The molecule has 0 radical (unpaired) electrons. The maximum atomic E-state index is 9.55. The van der Waals surface area contributed by atoms with Crippen molar-refractivity contribution in [3.8, 4) is 0 Å². The maximum Gasteiger partial charge on any atom is 0.328 e. The molecule has 0 unspecified atom stereocenters. The molecule has 0 saturated carbocycles. The van der Waals surface area contributed by atoms with E-state index in [0.29, 0.717) is 24.3 Å². The molecule has 0 aliphatic rings. The fourth-order valence-electron chi connectivity index (χ4n) is 0.285. The molecule has 9 N–H and O–H groups in total. The first kappa shape index (κ1) is 21.9. The summed E-state index contributed by atoms with van der Waals surface area (Å²) in [5.74, 6) is -5.36. The molecule has 20 heavy (non-hydrogen) atoms. The third-order valence-electron chi connectivity index (χ3n) is 0.737. The lowest BCUT2D eigenvalue weighted by Crippen LogP contribution is -2.20. The lowest BCUT2D eigenvalue weighted by Gasteiger charge is -1.74. The van der Waals surface area contributed by atoms with Crippen molar-refractivity contribution in [3.05, 3.63) is 24.3 Å². The molecule has 0 atom stereocenters. The highest BCUT2D eigenvalue weighted by Gasteiger charge is 1.88. The van der Waals surface area contributed by atoms with Crippen LogP contribution in [0.1, 0.15) is 0 Å². The van der Waals surface area contributed by atoms with E-state index in [2.05, 4.69) is 11.5 Å². The Bertz CT molecular complexity index is 357. The molecule has 0 aromatic heterocycles. The fraction of sp³-hybridized carbons (Fsp3) is 0. The van der Waals surface area contributed by atoms with E-state index in [0.717, 1.165) is 0 Å². The van der Waals surface area contributed by atoms with Gasteiger partial charge in [-0.25, -0.2) is 19.2 Å². The van der Waals surface area contributed by atoms with E-state index >= 15 is 0 Å². The van der Waals surface area contributed by atoms with E-state index in [1.807, 2.05) is 0 Å². The topological polar surface area (TPSA) is 225 Å². The summed E-state index contributed by atoms with van der Waals surface area (Å²) in [6, 6.07) is 0. The number of carbonyl (C=O) groups is 4. The van der Waals surface area contributed by atoms with Crippen molar-refractivity contribution in [2.75, 3.05) is 0 Å². The summed E-state index contributed by atoms with van der Waals surface area (Å²) in [5.41, 5.74) is 8.94. The number of guanidine groups is 1. The Balaban J connectivity index is -0.000000230. The van der Waals surface area contributed by atoms with Crippen molar-refractivity contribution in [3.63, 3.8) is 0 Å². The second-order valence-corrected chi connectivity index (χ2v) is 2.47. The van der Waals surface area contributed by atoms with Crippen molar-refractivity contribution in [1.82, 2.24) is 0 Å². The second-order valence-electron chi connectivity index (χ2n) is 2.47. The van der Waals surface area contributed by atoms with Gasteiger partial charge in [-0.3, -0.25) is 5.41 Å². The van der Waals surface area contributed by atoms with E-state index in [4.69, 9.17) is 25.8 Å². The Morgan fingerprint density at radius 1 is 0.650 bits per heavy atom. The van der Waals surface area contributed by atoms with Crippen LogP contribution in [0.4, 0.5) is 0 Å². The van der Waals surface area contributed by atoms with Gasteiger partial charge in [0, 0.05) is 24.3 Å². The standard InChI is InChI=1S/2C4H4O4.CH5N3/c2*5-3(6)1-2-4(7)8;2-1(3)4/h2*1-2H,(H,5,6)(H,7,8);(H5,2,3,4)/b2*2-1+;. The van der Waals surface area contributed by atoms with Gasteiger partial charge in [0.15, 0.2) is 5.96 Å². The Kier molecular flexibility index (Phi) is 15.0. The predicted molar refractivity (Wildman–Crippen MR) is 64.9 cm³/mol. The van der Waals surface area contributed by atoms with Crippen LogP contribution in [0.3, 0.4) is 0 Å². The first-order valence-electron chi connectivity index (χ1n) is 4.36. The maximum absolute atomic E-state index is 9.55. The predicted octanol–water partition coefficient (Wildman–Crippen LogP) is -1.74. The Labute approximate surface area is 111 Å². The minimum absolute atomic E-state index is 0.333. The van der Waals surface area contributed by atoms with Gasteiger partial charge < -0.3 is 31.9 Å². The molecule has 0 saturated heterocycles. The van der Waals surface area contributed by atoms with Crippen LogP contribution in [0.25, 0.3) is 0 Å².